The predicted molar refractivity (Wildman–Crippen MR) is 52.6 cm³/mol. The molecule has 0 spiro atoms. The fourth-order valence-electron chi connectivity index (χ4n) is 1.04. The summed E-state index contributed by atoms with van der Waals surface area (Å²) in [5, 5.41) is 12.0. The Morgan fingerprint density at radius 3 is 2.82 bits per heavy atom. The van der Waals surface area contributed by atoms with Gasteiger partial charge in [-0.05, 0) is 6.07 Å². The molecule has 8 nitrogen and oxygen atoms in total. The average Bonchev–Trinajstić information content (AvgIpc) is 2.78. The minimum Gasteiger partial charge on any atom is -0.480 e. The summed E-state index contributed by atoms with van der Waals surface area (Å²) >= 11 is 0. The van der Waals surface area contributed by atoms with Gasteiger partial charge in [0.05, 0.1) is 0 Å². The van der Waals surface area contributed by atoms with Gasteiger partial charge in [0.2, 0.25) is 11.6 Å². The van der Waals surface area contributed by atoms with Crippen LogP contribution < -0.4 is 0 Å². The first-order chi connectivity index (χ1) is 8.25. The standard InChI is InChI=1S/C9H8N4O4/c14-7(15)5-16-4-6-12-9(13-17-6)8-10-2-1-3-11-8/h1-3H,4-5H2,(H,14,15). The Balaban J connectivity index is 1.99. The summed E-state index contributed by atoms with van der Waals surface area (Å²) in [6.45, 7) is -0.480. The van der Waals surface area contributed by atoms with Crippen molar-refractivity contribution in [2.24, 2.45) is 0 Å². The van der Waals surface area contributed by atoms with E-state index in [0.717, 1.165) is 0 Å². The van der Waals surface area contributed by atoms with Gasteiger partial charge in [-0.1, -0.05) is 5.16 Å². The second kappa shape index (κ2) is 5.12. The zero-order valence-corrected chi connectivity index (χ0v) is 8.61. The summed E-state index contributed by atoms with van der Waals surface area (Å²) < 4.78 is 9.64. The van der Waals surface area contributed by atoms with Crippen molar-refractivity contribution >= 4 is 5.97 Å². The Hall–Kier alpha value is -2.35. The Kier molecular flexibility index (Phi) is 3.36. The van der Waals surface area contributed by atoms with Crippen LogP contribution in [0.5, 0.6) is 0 Å². The van der Waals surface area contributed by atoms with E-state index in [9.17, 15) is 4.79 Å². The minimum absolute atomic E-state index is 0.0634. The molecule has 2 aromatic heterocycles. The van der Waals surface area contributed by atoms with Crippen molar-refractivity contribution in [2.45, 2.75) is 6.61 Å². The molecule has 1 N–H and O–H groups in total. The molecule has 0 atom stereocenters. The average molecular weight is 236 g/mol. The molecule has 0 aliphatic heterocycles. The molecule has 0 saturated heterocycles. The SMILES string of the molecule is O=C(O)COCc1nc(-c2ncccn2)no1. The van der Waals surface area contributed by atoms with Crippen LogP contribution >= 0.6 is 0 Å². The van der Waals surface area contributed by atoms with Gasteiger partial charge in [-0.25, -0.2) is 14.8 Å². The van der Waals surface area contributed by atoms with E-state index in [2.05, 4.69) is 20.1 Å². The maximum atomic E-state index is 10.2. The number of aliphatic carboxylic acids is 1. The summed E-state index contributed by atoms with van der Waals surface area (Å²) in [5.74, 6) is -0.315. The van der Waals surface area contributed by atoms with Crippen molar-refractivity contribution < 1.29 is 19.2 Å². The van der Waals surface area contributed by atoms with Crippen LogP contribution in [0.3, 0.4) is 0 Å². The second-order valence-corrected chi connectivity index (χ2v) is 2.97. The van der Waals surface area contributed by atoms with Crippen LogP contribution in [-0.2, 0) is 16.1 Å². The molecule has 88 valence electrons. The van der Waals surface area contributed by atoms with Crippen molar-refractivity contribution in [3.63, 3.8) is 0 Å². The molecule has 2 heterocycles. The van der Waals surface area contributed by atoms with Gasteiger partial charge in [0.25, 0.3) is 5.89 Å². The van der Waals surface area contributed by atoms with E-state index in [4.69, 9.17) is 14.4 Å². The molecule has 17 heavy (non-hydrogen) atoms. The van der Waals surface area contributed by atoms with Gasteiger partial charge < -0.3 is 14.4 Å². The van der Waals surface area contributed by atoms with E-state index in [1.165, 1.54) is 0 Å². The number of carbonyl (C=O) groups is 1. The molecule has 0 aromatic carbocycles. The Morgan fingerprint density at radius 2 is 2.12 bits per heavy atom. The summed E-state index contributed by atoms with van der Waals surface area (Å²) in [6.07, 6.45) is 3.11. The van der Waals surface area contributed by atoms with Crippen LogP contribution in [0, 0.1) is 0 Å². The third-order valence-electron chi connectivity index (χ3n) is 1.68. The number of hydrogen-bond donors (Lipinski definition) is 1. The van der Waals surface area contributed by atoms with Gasteiger partial charge in [-0.3, -0.25) is 0 Å². The maximum Gasteiger partial charge on any atom is 0.329 e. The molecule has 0 aliphatic rings. The highest BCUT2D eigenvalue weighted by Gasteiger charge is 2.10. The number of hydrogen-bond acceptors (Lipinski definition) is 7. The first-order valence-corrected chi connectivity index (χ1v) is 4.65. The lowest BCUT2D eigenvalue weighted by atomic mass is 10.5. The van der Waals surface area contributed by atoms with E-state index in [-0.39, 0.29) is 18.3 Å². The van der Waals surface area contributed by atoms with Crippen LogP contribution in [0.15, 0.2) is 23.0 Å². The number of ether oxygens (including phenoxy) is 1. The van der Waals surface area contributed by atoms with E-state index in [1.54, 1.807) is 18.5 Å². The molecule has 0 fully saturated rings. The Bertz CT molecular complexity index is 499. The van der Waals surface area contributed by atoms with Gasteiger partial charge in [0.15, 0.2) is 0 Å². The molecule has 0 saturated carbocycles. The highest BCUT2D eigenvalue weighted by molar-refractivity contribution is 5.67. The first kappa shape index (κ1) is 11.1. The zero-order valence-electron chi connectivity index (χ0n) is 8.61. The molecule has 0 amide bonds. The van der Waals surface area contributed by atoms with Gasteiger partial charge in [-0.15, -0.1) is 0 Å². The van der Waals surface area contributed by atoms with Crippen molar-refractivity contribution in [1.82, 2.24) is 20.1 Å². The number of carboxylic acid groups (broad SMARTS) is 1. The molecule has 0 unspecified atom stereocenters. The summed E-state index contributed by atoms with van der Waals surface area (Å²) in [6, 6.07) is 1.67. The first-order valence-electron chi connectivity index (χ1n) is 4.65. The van der Waals surface area contributed by atoms with Crippen molar-refractivity contribution in [3.05, 3.63) is 24.4 Å². The van der Waals surface area contributed by atoms with Crippen LogP contribution in [0.2, 0.25) is 0 Å². The highest BCUT2D eigenvalue weighted by Crippen LogP contribution is 2.09. The normalized spacial score (nSPS) is 10.4. The molecule has 0 radical (unpaired) electrons. The molecule has 0 bridgehead atoms. The van der Waals surface area contributed by atoms with E-state index in [1.807, 2.05) is 0 Å². The lowest BCUT2D eigenvalue weighted by Gasteiger charge is -1.94. The van der Waals surface area contributed by atoms with Crippen LogP contribution in [-0.4, -0.2) is 37.8 Å². The second-order valence-electron chi connectivity index (χ2n) is 2.97. The van der Waals surface area contributed by atoms with Gasteiger partial charge in [-0.2, -0.15) is 4.98 Å². The topological polar surface area (TPSA) is 111 Å². The van der Waals surface area contributed by atoms with Crippen LogP contribution in [0.1, 0.15) is 5.89 Å². The number of carboxylic acids is 1. The smallest absolute Gasteiger partial charge is 0.329 e. The molecule has 0 aliphatic carbocycles. The fraction of sp³-hybridized carbons (Fsp3) is 0.222. The third-order valence-corrected chi connectivity index (χ3v) is 1.68. The lowest BCUT2D eigenvalue weighted by molar-refractivity contribution is -0.142. The number of nitrogens with zero attached hydrogens (tertiary/aromatic N) is 4. The maximum absolute atomic E-state index is 10.2. The predicted octanol–water partition coefficient (Wildman–Crippen LogP) is 0.128. The molecule has 8 heteroatoms. The lowest BCUT2D eigenvalue weighted by Crippen LogP contribution is -2.06. The summed E-state index contributed by atoms with van der Waals surface area (Å²) in [7, 11) is 0. The van der Waals surface area contributed by atoms with E-state index >= 15 is 0 Å². The van der Waals surface area contributed by atoms with Crippen molar-refractivity contribution in [1.29, 1.82) is 0 Å². The van der Waals surface area contributed by atoms with E-state index in [0.29, 0.717) is 5.82 Å². The monoisotopic (exact) mass is 236 g/mol. The highest BCUT2D eigenvalue weighted by atomic mass is 16.5. The molecular formula is C9H8N4O4. The quantitative estimate of drug-likeness (QED) is 0.779. The Labute approximate surface area is 95.3 Å². The fourth-order valence-corrected chi connectivity index (χ4v) is 1.04. The van der Waals surface area contributed by atoms with Gasteiger partial charge in [0, 0.05) is 12.4 Å². The van der Waals surface area contributed by atoms with Crippen LogP contribution in [0.4, 0.5) is 0 Å². The van der Waals surface area contributed by atoms with Gasteiger partial charge >= 0.3 is 5.97 Å². The summed E-state index contributed by atoms with van der Waals surface area (Å²) in [5.41, 5.74) is 0. The zero-order chi connectivity index (χ0) is 12.1. The van der Waals surface area contributed by atoms with Gasteiger partial charge in [0.1, 0.15) is 13.2 Å². The number of aromatic nitrogens is 4. The summed E-state index contributed by atoms with van der Waals surface area (Å²) in [4.78, 5) is 22.0. The number of rotatable bonds is 5. The van der Waals surface area contributed by atoms with E-state index < -0.39 is 12.6 Å². The largest absolute Gasteiger partial charge is 0.480 e. The van der Waals surface area contributed by atoms with Crippen molar-refractivity contribution in [2.75, 3.05) is 6.61 Å². The molecule has 2 aromatic rings. The van der Waals surface area contributed by atoms with Crippen molar-refractivity contribution in [3.8, 4) is 11.6 Å². The van der Waals surface area contributed by atoms with Crippen LogP contribution in [0.25, 0.3) is 11.6 Å². The molecular weight excluding hydrogens is 228 g/mol. The molecule has 2 rings (SSSR count). The Morgan fingerprint density at radius 1 is 1.35 bits per heavy atom. The third kappa shape index (κ3) is 3.05. The minimum atomic E-state index is -1.06.